The molecule has 0 spiro atoms. The number of hydrogen-bond acceptors (Lipinski definition) is 4. The molecule has 0 aromatic heterocycles. The Morgan fingerprint density at radius 3 is 2.35 bits per heavy atom. The third-order valence-corrected chi connectivity index (χ3v) is 5.76. The number of ether oxygens (including phenoxy) is 2. The Balaban J connectivity index is 1.93. The molecule has 0 aliphatic rings. The summed E-state index contributed by atoms with van der Waals surface area (Å²) in [5, 5.41) is 10.5. The number of methoxy groups -OCH3 is 1. The van der Waals surface area contributed by atoms with Crippen LogP contribution in [-0.2, 0) is 22.6 Å². The first kappa shape index (κ1) is 25.4. The summed E-state index contributed by atoms with van der Waals surface area (Å²) >= 11 is 12.3. The average Bonchev–Trinajstić information content (AvgIpc) is 2.82. The standard InChI is InChI=1S/C26H25Cl2NO5/c1-3-29(25(30)16-34-21-9-7-19(27)8-10-21)15-24-18(13-26(31)32)11-20(28)14-23(24)17-5-4-6-22(12-17)33-2/h4-12,14H,3,13,15-16H2,1-2H3,(H,31,32). The van der Waals surface area contributed by atoms with Crippen LogP contribution in [0.1, 0.15) is 18.1 Å². The van der Waals surface area contributed by atoms with E-state index in [0.29, 0.717) is 39.2 Å². The van der Waals surface area contributed by atoms with Gasteiger partial charge in [0.2, 0.25) is 0 Å². The van der Waals surface area contributed by atoms with Gasteiger partial charge in [-0.15, -0.1) is 0 Å². The van der Waals surface area contributed by atoms with E-state index in [-0.39, 0.29) is 25.5 Å². The number of likely N-dealkylation sites (N-methyl/N-ethyl adjacent to an activating group) is 1. The van der Waals surface area contributed by atoms with E-state index >= 15 is 0 Å². The molecule has 6 nitrogen and oxygen atoms in total. The third-order valence-electron chi connectivity index (χ3n) is 5.29. The number of aliphatic carboxylic acids is 1. The first-order chi connectivity index (χ1) is 16.3. The van der Waals surface area contributed by atoms with E-state index in [0.717, 1.165) is 11.1 Å². The van der Waals surface area contributed by atoms with Crippen molar-refractivity contribution in [3.05, 3.63) is 81.8 Å². The maximum Gasteiger partial charge on any atom is 0.307 e. The van der Waals surface area contributed by atoms with Gasteiger partial charge in [-0.25, -0.2) is 0 Å². The highest BCUT2D eigenvalue weighted by Crippen LogP contribution is 2.33. The SMILES string of the molecule is CCN(Cc1c(CC(=O)O)cc(Cl)cc1-c1cccc(OC)c1)C(=O)COc1ccc(Cl)cc1. The van der Waals surface area contributed by atoms with Crippen molar-refractivity contribution in [1.82, 2.24) is 4.90 Å². The molecule has 0 unspecified atom stereocenters. The number of benzene rings is 3. The van der Waals surface area contributed by atoms with Crippen molar-refractivity contribution in [1.29, 1.82) is 0 Å². The number of carboxylic acid groups (broad SMARTS) is 1. The maximum atomic E-state index is 13.0. The Bertz CT molecular complexity index is 1160. The Labute approximate surface area is 208 Å². The van der Waals surface area contributed by atoms with Gasteiger partial charge >= 0.3 is 5.97 Å². The van der Waals surface area contributed by atoms with Crippen molar-refractivity contribution in [2.45, 2.75) is 19.9 Å². The molecule has 0 atom stereocenters. The molecular formula is C26H25Cl2NO5. The molecule has 34 heavy (non-hydrogen) atoms. The number of nitrogens with zero attached hydrogens (tertiary/aromatic N) is 1. The van der Waals surface area contributed by atoms with Gasteiger partial charge in [0.1, 0.15) is 11.5 Å². The van der Waals surface area contributed by atoms with Gasteiger partial charge in [-0.1, -0.05) is 35.3 Å². The average molecular weight is 502 g/mol. The molecule has 0 saturated carbocycles. The Hall–Kier alpha value is -3.22. The number of hydrogen-bond donors (Lipinski definition) is 1. The number of amides is 1. The molecule has 0 fully saturated rings. The zero-order valence-electron chi connectivity index (χ0n) is 18.9. The van der Waals surface area contributed by atoms with E-state index in [4.69, 9.17) is 32.7 Å². The van der Waals surface area contributed by atoms with Crippen LogP contribution in [0.4, 0.5) is 0 Å². The van der Waals surface area contributed by atoms with E-state index in [1.165, 1.54) is 0 Å². The Kier molecular flexibility index (Phi) is 8.79. The summed E-state index contributed by atoms with van der Waals surface area (Å²) in [4.78, 5) is 26.2. The summed E-state index contributed by atoms with van der Waals surface area (Å²) in [6, 6.07) is 17.6. The van der Waals surface area contributed by atoms with Gasteiger partial charge in [0.05, 0.1) is 13.5 Å². The zero-order chi connectivity index (χ0) is 24.7. The molecule has 0 aliphatic heterocycles. The van der Waals surface area contributed by atoms with Crippen LogP contribution in [0.25, 0.3) is 11.1 Å². The minimum absolute atomic E-state index is 0.161. The van der Waals surface area contributed by atoms with Crippen molar-refractivity contribution in [3.8, 4) is 22.6 Å². The highest BCUT2D eigenvalue weighted by molar-refractivity contribution is 6.31. The van der Waals surface area contributed by atoms with Gasteiger partial charge in [0.15, 0.2) is 6.61 Å². The monoisotopic (exact) mass is 501 g/mol. The van der Waals surface area contributed by atoms with Gasteiger partial charge < -0.3 is 19.5 Å². The number of halogens is 2. The lowest BCUT2D eigenvalue weighted by Crippen LogP contribution is -2.35. The highest BCUT2D eigenvalue weighted by atomic mass is 35.5. The lowest BCUT2D eigenvalue weighted by atomic mass is 9.93. The van der Waals surface area contributed by atoms with Gasteiger partial charge in [-0.05, 0) is 77.7 Å². The van der Waals surface area contributed by atoms with E-state index < -0.39 is 5.97 Å². The predicted octanol–water partition coefficient (Wildman–Crippen LogP) is 5.72. The molecule has 1 N–H and O–H groups in total. The van der Waals surface area contributed by atoms with Crippen LogP contribution in [0.3, 0.4) is 0 Å². The lowest BCUT2D eigenvalue weighted by molar-refractivity contribution is -0.136. The quantitative estimate of drug-likeness (QED) is 0.384. The van der Waals surface area contributed by atoms with Crippen LogP contribution in [0.2, 0.25) is 10.0 Å². The fourth-order valence-corrected chi connectivity index (χ4v) is 3.95. The first-order valence-electron chi connectivity index (χ1n) is 10.6. The smallest absolute Gasteiger partial charge is 0.307 e. The van der Waals surface area contributed by atoms with Crippen molar-refractivity contribution in [3.63, 3.8) is 0 Å². The second-order valence-electron chi connectivity index (χ2n) is 7.54. The van der Waals surface area contributed by atoms with Gasteiger partial charge in [0.25, 0.3) is 5.91 Å². The maximum absolute atomic E-state index is 13.0. The topological polar surface area (TPSA) is 76.1 Å². The molecule has 8 heteroatoms. The molecule has 1 amide bonds. The fourth-order valence-electron chi connectivity index (χ4n) is 3.58. The summed E-state index contributed by atoms with van der Waals surface area (Å²) in [7, 11) is 1.58. The van der Waals surface area contributed by atoms with Crippen molar-refractivity contribution < 1.29 is 24.2 Å². The first-order valence-corrected chi connectivity index (χ1v) is 11.4. The van der Waals surface area contributed by atoms with Crippen LogP contribution in [0.15, 0.2) is 60.7 Å². The molecule has 3 aromatic carbocycles. The number of carbonyl (C=O) groups excluding carboxylic acids is 1. The van der Waals surface area contributed by atoms with Crippen molar-refractivity contribution in [2.75, 3.05) is 20.3 Å². The van der Waals surface area contributed by atoms with Crippen LogP contribution in [0, 0.1) is 0 Å². The van der Waals surface area contributed by atoms with E-state index in [1.807, 2.05) is 31.2 Å². The molecule has 3 rings (SSSR count). The van der Waals surface area contributed by atoms with Crippen LogP contribution >= 0.6 is 23.2 Å². The van der Waals surface area contributed by atoms with Crippen LogP contribution in [-0.4, -0.2) is 42.1 Å². The number of carbonyl (C=O) groups is 2. The molecule has 0 saturated heterocycles. The lowest BCUT2D eigenvalue weighted by Gasteiger charge is -2.25. The van der Waals surface area contributed by atoms with Gasteiger partial charge in [-0.3, -0.25) is 9.59 Å². The van der Waals surface area contributed by atoms with Crippen molar-refractivity contribution >= 4 is 35.1 Å². The summed E-state index contributed by atoms with van der Waals surface area (Å²) in [6.07, 6.45) is -0.222. The minimum atomic E-state index is -0.986. The second-order valence-corrected chi connectivity index (χ2v) is 8.42. The van der Waals surface area contributed by atoms with Gasteiger partial charge in [-0.2, -0.15) is 0 Å². The molecule has 0 heterocycles. The largest absolute Gasteiger partial charge is 0.497 e. The minimum Gasteiger partial charge on any atom is -0.497 e. The summed E-state index contributed by atoms with van der Waals surface area (Å²) in [6.45, 7) is 2.31. The van der Waals surface area contributed by atoms with Crippen LogP contribution in [0.5, 0.6) is 11.5 Å². The second kappa shape index (κ2) is 11.8. The summed E-state index contributed by atoms with van der Waals surface area (Å²) in [5.74, 6) is -0.0299. The Morgan fingerprint density at radius 1 is 0.971 bits per heavy atom. The van der Waals surface area contributed by atoms with E-state index in [9.17, 15) is 14.7 Å². The zero-order valence-corrected chi connectivity index (χ0v) is 20.4. The highest BCUT2D eigenvalue weighted by Gasteiger charge is 2.20. The fraction of sp³-hybridized carbons (Fsp3) is 0.231. The molecule has 0 radical (unpaired) electrons. The molecule has 178 valence electrons. The normalized spacial score (nSPS) is 10.6. The number of carboxylic acids is 1. The molecule has 3 aromatic rings. The van der Waals surface area contributed by atoms with Crippen LogP contribution < -0.4 is 9.47 Å². The van der Waals surface area contributed by atoms with E-state index in [1.54, 1.807) is 48.4 Å². The third kappa shape index (κ3) is 6.65. The summed E-state index contributed by atoms with van der Waals surface area (Å²) < 4.78 is 11.0. The van der Waals surface area contributed by atoms with Gasteiger partial charge in [0, 0.05) is 23.1 Å². The van der Waals surface area contributed by atoms with E-state index in [2.05, 4.69) is 0 Å². The predicted molar refractivity (Wildman–Crippen MR) is 133 cm³/mol. The Morgan fingerprint density at radius 2 is 1.71 bits per heavy atom. The van der Waals surface area contributed by atoms with Crippen molar-refractivity contribution in [2.24, 2.45) is 0 Å². The molecule has 0 bridgehead atoms. The number of rotatable bonds is 10. The molecular weight excluding hydrogens is 477 g/mol. The summed E-state index contributed by atoms with van der Waals surface area (Å²) in [5.41, 5.74) is 2.81. The molecule has 0 aliphatic carbocycles.